The molecule has 0 amide bonds. The van der Waals surface area contributed by atoms with Crippen molar-refractivity contribution in [3.63, 3.8) is 0 Å². The summed E-state index contributed by atoms with van der Waals surface area (Å²) < 4.78 is 11.9. The van der Waals surface area contributed by atoms with Crippen molar-refractivity contribution in [1.29, 1.82) is 0 Å². The number of allylic oxidation sites excluding steroid dienone is 2. The molecular weight excluding hydrogens is 576 g/mol. The fourth-order valence-electron chi connectivity index (χ4n) is 12.2. The van der Waals surface area contributed by atoms with Gasteiger partial charge in [-0.15, -0.1) is 0 Å². The zero-order valence-electron chi connectivity index (χ0n) is 28.2. The van der Waals surface area contributed by atoms with E-state index in [2.05, 4.69) is 54.5 Å². The van der Waals surface area contributed by atoms with Crippen LogP contribution in [0.15, 0.2) is 11.6 Å². The lowest BCUT2D eigenvalue weighted by Gasteiger charge is -2.71. The molecule has 13 atom stereocenters. The lowest BCUT2D eigenvalue weighted by Crippen LogP contribution is -2.66. The van der Waals surface area contributed by atoms with Crippen molar-refractivity contribution in [1.82, 2.24) is 0 Å². The molecule has 9 nitrogen and oxygen atoms in total. The molecule has 1 saturated heterocycles. The van der Waals surface area contributed by atoms with Crippen LogP contribution < -0.4 is 0 Å². The molecule has 0 spiro atoms. The summed E-state index contributed by atoms with van der Waals surface area (Å²) in [5, 5.41) is 51.4. The van der Waals surface area contributed by atoms with Crippen molar-refractivity contribution >= 4 is 11.9 Å². The van der Waals surface area contributed by atoms with Gasteiger partial charge in [0.1, 0.15) is 18.3 Å². The van der Waals surface area contributed by atoms with Crippen LogP contribution in [0.5, 0.6) is 0 Å². The normalized spacial score (nSPS) is 51.9. The number of rotatable bonds is 4. The fourth-order valence-corrected chi connectivity index (χ4v) is 12.2. The molecule has 6 aliphatic rings. The number of hydrogen-bond donors (Lipinski definition) is 5. The van der Waals surface area contributed by atoms with Crippen molar-refractivity contribution in [2.24, 2.45) is 50.2 Å². The quantitative estimate of drug-likeness (QED) is 0.209. The molecule has 0 aromatic rings. The Bertz CT molecular complexity index is 1260. The van der Waals surface area contributed by atoms with E-state index in [0.29, 0.717) is 18.3 Å². The van der Waals surface area contributed by atoms with Gasteiger partial charge in [-0.3, -0.25) is 4.79 Å². The number of carboxylic acids is 2. The smallest absolute Gasteiger partial charge is 0.335 e. The van der Waals surface area contributed by atoms with Gasteiger partial charge < -0.3 is 35.0 Å². The lowest BCUT2D eigenvalue weighted by atomic mass is 9.33. The SMILES string of the molecule is CC1(C)CC[C@]2(C(=O)O)CC[C@]3(C)C(=CC[C@@H]4[C@@]5(C)CC[C@H](O[C@@H]6O[C@H](C(=O)O)[C@@H](O)[C@H](O)[C@H]6O)C(C)(C)[C@H]5CC[C@]43C)[C@H]2C1. The molecule has 5 fully saturated rings. The van der Waals surface area contributed by atoms with Crippen molar-refractivity contribution in [3.05, 3.63) is 11.6 Å². The van der Waals surface area contributed by atoms with Gasteiger partial charge >= 0.3 is 11.9 Å². The van der Waals surface area contributed by atoms with E-state index < -0.39 is 48.1 Å². The Morgan fingerprint density at radius 1 is 0.822 bits per heavy atom. The highest BCUT2D eigenvalue weighted by Gasteiger charge is 2.69. The molecule has 9 heteroatoms. The first-order valence-corrected chi connectivity index (χ1v) is 17.3. The minimum atomic E-state index is -1.75. The van der Waals surface area contributed by atoms with Gasteiger partial charge in [-0.2, -0.15) is 0 Å². The lowest BCUT2D eigenvalue weighted by molar-refractivity contribution is -0.324. The maximum Gasteiger partial charge on any atom is 0.335 e. The predicted octanol–water partition coefficient (Wildman–Crippen LogP) is 5.15. The third-order valence-electron chi connectivity index (χ3n) is 15.1. The second kappa shape index (κ2) is 10.5. The third-order valence-corrected chi connectivity index (χ3v) is 15.1. The molecule has 6 rings (SSSR count). The number of hydrogen-bond acceptors (Lipinski definition) is 7. The van der Waals surface area contributed by atoms with Gasteiger partial charge in [-0.1, -0.05) is 60.1 Å². The van der Waals surface area contributed by atoms with Crippen molar-refractivity contribution in [2.75, 3.05) is 0 Å². The van der Waals surface area contributed by atoms with Gasteiger partial charge in [-0.25, -0.2) is 4.79 Å². The molecule has 0 bridgehead atoms. The van der Waals surface area contributed by atoms with E-state index in [1.165, 1.54) is 5.57 Å². The molecule has 254 valence electrons. The number of aliphatic hydroxyl groups is 3. The molecule has 0 aromatic carbocycles. The van der Waals surface area contributed by atoms with Crippen molar-refractivity contribution in [3.8, 4) is 0 Å². The Morgan fingerprint density at radius 3 is 2.13 bits per heavy atom. The largest absolute Gasteiger partial charge is 0.481 e. The minimum absolute atomic E-state index is 0.0000841. The number of fused-ring (bicyclic) bond motifs is 7. The average molecular weight is 633 g/mol. The summed E-state index contributed by atoms with van der Waals surface area (Å²) in [6, 6.07) is 0. The van der Waals surface area contributed by atoms with Crippen LogP contribution in [0, 0.1) is 50.2 Å². The first kappa shape index (κ1) is 33.4. The van der Waals surface area contributed by atoms with Gasteiger partial charge in [0, 0.05) is 0 Å². The monoisotopic (exact) mass is 632 g/mol. The van der Waals surface area contributed by atoms with E-state index in [4.69, 9.17) is 9.47 Å². The van der Waals surface area contributed by atoms with Crippen LogP contribution >= 0.6 is 0 Å². The molecule has 4 saturated carbocycles. The highest BCUT2D eigenvalue weighted by atomic mass is 16.7. The summed E-state index contributed by atoms with van der Waals surface area (Å²) in [6.07, 6.45) is 2.94. The Balaban J connectivity index is 1.29. The van der Waals surface area contributed by atoms with Crippen molar-refractivity contribution in [2.45, 2.75) is 149 Å². The molecule has 0 unspecified atom stereocenters. The van der Waals surface area contributed by atoms with Crippen LogP contribution in [-0.4, -0.2) is 74.3 Å². The van der Waals surface area contributed by atoms with Crippen LogP contribution in [0.2, 0.25) is 0 Å². The second-order valence-corrected chi connectivity index (χ2v) is 17.9. The zero-order chi connectivity index (χ0) is 33.1. The summed E-state index contributed by atoms with van der Waals surface area (Å²) in [4.78, 5) is 24.6. The van der Waals surface area contributed by atoms with Crippen molar-refractivity contribution < 1.29 is 44.6 Å². The Kier molecular flexibility index (Phi) is 7.78. The average Bonchev–Trinajstić information content (AvgIpc) is 2.94. The summed E-state index contributed by atoms with van der Waals surface area (Å²) >= 11 is 0. The number of carboxylic acid groups (broad SMARTS) is 2. The molecule has 5 N–H and O–H groups in total. The topological polar surface area (TPSA) is 154 Å². The first-order chi connectivity index (χ1) is 20.7. The van der Waals surface area contributed by atoms with E-state index >= 15 is 0 Å². The van der Waals surface area contributed by atoms with E-state index in [0.717, 1.165) is 57.8 Å². The predicted molar refractivity (Wildman–Crippen MR) is 166 cm³/mol. The summed E-state index contributed by atoms with van der Waals surface area (Å²) in [5.41, 5.74) is 0.508. The summed E-state index contributed by atoms with van der Waals surface area (Å²) in [5.74, 6) is -1.24. The third kappa shape index (κ3) is 4.57. The van der Waals surface area contributed by atoms with Crippen LogP contribution in [0.1, 0.15) is 113 Å². The summed E-state index contributed by atoms with van der Waals surface area (Å²) in [7, 11) is 0. The number of carbonyl (C=O) groups is 2. The maximum absolute atomic E-state index is 12.9. The molecular formula is C36H56O9. The highest BCUT2D eigenvalue weighted by molar-refractivity contribution is 5.76. The van der Waals surface area contributed by atoms with Gasteiger partial charge in [0.25, 0.3) is 0 Å². The second-order valence-electron chi connectivity index (χ2n) is 17.9. The van der Waals surface area contributed by atoms with Crippen LogP contribution in [0.25, 0.3) is 0 Å². The number of ether oxygens (including phenoxy) is 2. The van der Waals surface area contributed by atoms with Gasteiger partial charge in [-0.05, 0) is 109 Å². The van der Waals surface area contributed by atoms with Crippen LogP contribution in [0.3, 0.4) is 0 Å². The van der Waals surface area contributed by atoms with Crippen LogP contribution in [0.4, 0.5) is 0 Å². The fraction of sp³-hybridized carbons (Fsp3) is 0.889. The molecule has 5 aliphatic carbocycles. The number of aliphatic hydroxyl groups excluding tert-OH is 3. The highest BCUT2D eigenvalue weighted by Crippen LogP contribution is 2.76. The standard InChI is InChI=1S/C36H56O9/c1-31(2)14-16-36(30(42)43)17-15-34(6)19(20(36)18-31)8-9-22-33(5)12-11-23(32(3,4)21(33)10-13-35(22,34)7)44-29-26(39)24(37)25(38)27(45-29)28(40)41/h8,20-27,29,37-39H,9-18H2,1-7H3,(H,40,41)(H,42,43)/t20-,21-,22-,23+,24+,25+,26-,27+,29-,33+,34-,35-,36+/m1/s1. The summed E-state index contributed by atoms with van der Waals surface area (Å²) in [6.45, 7) is 16.4. The molecule has 0 aromatic heterocycles. The minimum Gasteiger partial charge on any atom is -0.481 e. The maximum atomic E-state index is 12.9. The van der Waals surface area contributed by atoms with Crippen LogP contribution in [-0.2, 0) is 19.1 Å². The van der Waals surface area contributed by atoms with Gasteiger partial charge in [0.2, 0.25) is 0 Å². The van der Waals surface area contributed by atoms with E-state index in [9.17, 15) is 35.1 Å². The Hall–Kier alpha value is -1.52. The molecule has 0 radical (unpaired) electrons. The molecule has 1 heterocycles. The molecule has 45 heavy (non-hydrogen) atoms. The Labute approximate surface area is 267 Å². The van der Waals surface area contributed by atoms with Gasteiger partial charge in [0.05, 0.1) is 11.5 Å². The zero-order valence-corrected chi connectivity index (χ0v) is 28.2. The van der Waals surface area contributed by atoms with E-state index in [1.54, 1.807) is 0 Å². The van der Waals surface area contributed by atoms with E-state index in [1.807, 2.05) is 0 Å². The Morgan fingerprint density at radius 2 is 1.49 bits per heavy atom. The van der Waals surface area contributed by atoms with Gasteiger partial charge in [0.15, 0.2) is 12.4 Å². The molecule has 1 aliphatic heterocycles. The van der Waals surface area contributed by atoms with E-state index in [-0.39, 0.29) is 39.1 Å². The first-order valence-electron chi connectivity index (χ1n) is 17.3. The number of aliphatic carboxylic acids is 2.